The van der Waals surface area contributed by atoms with Crippen LogP contribution >= 0.6 is 0 Å². The number of nitrogens with one attached hydrogen (secondary N) is 1. The molecule has 0 atom stereocenters. The minimum atomic E-state index is -4.60. The van der Waals surface area contributed by atoms with Crippen LogP contribution in [0.2, 0.25) is 0 Å². The topological polar surface area (TPSA) is 113 Å². The number of fused-ring (bicyclic) bond motifs is 3. The van der Waals surface area contributed by atoms with Gasteiger partial charge >= 0.3 is 12.1 Å². The number of aryl methyl sites for hydroxylation is 1. The van der Waals surface area contributed by atoms with Crippen LogP contribution in [0.4, 0.5) is 13.2 Å². The molecule has 1 amide bonds. The van der Waals surface area contributed by atoms with Gasteiger partial charge in [0.15, 0.2) is 5.75 Å². The molecule has 3 N–H and O–H groups in total. The molecule has 3 rings (SSSR count). The summed E-state index contributed by atoms with van der Waals surface area (Å²) < 4.78 is 40.8. The molecule has 0 saturated carbocycles. The number of alkyl halides is 3. The number of nitrogens with zero attached hydrogens (tertiary/aromatic N) is 2. The average Bonchev–Trinajstić information content (AvgIpc) is 2.96. The lowest BCUT2D eigenvalue weighted by Gasteiger charge is -2.12. The Morgan fingerprint density at radius 1 is 1.19 bits per heavy atom. The molecule has 3 aromatic rings. The van der Waals surface area contributed by atoms with Crippen molar-refractivity contribution in [1.29, 1.82) is 0 Å². The van der Waals surface area contributed by atoms with Gasteiger partial charge in [0, 0.05) is 12.4 Å². The van der Waals surface area contributed by atoms with Crippen molar-refractivity contribution in [3.63, 3.8) is 0 Å². The summed E-state index contributed by atoms with van der Waals surface area (Å²) in [5.41, 5.74) is -2.72. The van der Waals surface area contributed by atoms with Gasteiger partial charge in [-0.2, -0.15) is 13.2 Å². The van der Waals surface area contributed by atoms with Gasteiger partial charge in [0.1, 0.15) is 17.6 Å². The van der Waals surface area contributed by atoms with E-state index in [2.05, 4.69) is 0 Å². The number of carbonyl (C=O) groups is 2. The Hall–Kier alpha value is -3.50. The smallest absolute Gasteiger partial charge is 0.416 e. The van der Waals surface area contributed by atoms with E-state index >= 15 is 0 Å². The SMILES string of the molecule is Cn1c(=O)c(C(=O)NCC(=O)O)c(O)c2cc3ccc(C(F)(F)F)cc3n21. The maximum Gasteiger partial charge on any atom is 0.416 e. The number of aromatic hydroxyl groups is 1. The van der Waals surface area contributed by atoms with E-state index in [1.807, 2.05) is 5.32 Å². The maximum absolute atomic E-state index is 13.0. The number of aromatic nitrogens is 2. The van der Waals surface area contributed by atoms with Crippen molar-refractivity contribution in [2.75, 3.05) is 6.54 Å². The predicted molar refractivity (Wildman–Crippen MR) is 86.8 cm³/mol. The van der Waals surface area contributed by atoms with Gasteiger partial charge in [-0.05, 0) is 18.2 Å². The van der Waals surface area contributed by atoms with Crippen LogP contribution in [0.5, 0.6) is 5.75 Å². The zero-order chi connectivity index (χ0) is 20.1. The fraction of sp³-hybridized carbons (Fsp3) is 0.188. The van der Waals surface area contributed by atoms with Crippen LogP contribution in [-0.4, -0.2) is 37.8 Å². The highest BCUT2D eigenvalue weighted by molar-refractivity contribution is 6.01. The van der Waals surface area contributed by atoms with Gasteiger partial charge < -0.3 is 15.5 Å². The van der Waals surface area contributed by atoms with Gasteiger partial charge in [-0.1, -0.05) is 6.07 Å². The van der Waals surface area contributed by atoms with Gasteiger partial charge in [0.2, 0.25) is 0 Å². The lowest BCUT2D eigenvalue weighted by Crippen LogP contribution is -2.36. The van der Waals surface area contributed by atoms with Crippen LogP contribution in [0.1, 0.15) is 15.9 Å². The fourth-order valence-electron chi connectivity index (χ4n) is 2.79. The van der Waals surface area contributed by atoms with Gasteiger partial charge in [-0.3, -0.25) is 14.4 Å². The van der Waals surface area contributed by atoms with E-state index in [1.54, 1.807) is 0 Å². The first-order valence-electron chi connectivity index (χ1n) is 7.47. The molecule has 0 aliphatic heterocycles. The van der Waals surface area contributed by atoms with Gasteiger partial charge in [-0.25, -0.2) is 9.20 Å². The molecule has 0 unspecified atom stereocenters. The molecule has 142 valence electrons. The first-order chi connectivity index (χ1) is 12.5. The number of rotatable bonds is 3. The van der Waals surface area contributed by atoms with Gasteiger partial charge in [0.25, 0.3) is 11.5 Å². The summed E-state index contributed by atoms with van der Waals surface area (Å²) in [5.74, 6) is -3.22. The van der Waals surface area contributed by atoms with E-state index in [-0.39, 0.29) is 11.0 Å². The summed E-state index contributed by atoms with van der Waals surface area (Å²) in [6.45, 7) is -0.773. The molecule has 0 bridgehead atoms. The third-order valence-electron chi connectivity index (χ3n) is 4.02. The van der Waals surface area contributed by atoms with Crippen LogP contribution in [0.15, 0.2) is 29.1 Å². The molecular formula is C16H12F3N3O5. The van der Waals surface area contributed by atoms with Crippen LogP contribution in [0, 0.1) is 0 Å². The van der Waals surface area contributed by atoms with Crippen molar-refractivity contribution in [2.45, 2.75) is 6.18 Å². The van der Waals surface area contributed by atoms with E-state index in [1.165, 1.54) is 19.2 Å². The standard InChI is InChI=1S/C16H12F3N3O5/c1-21-15(27)12(14(26)20-6-11(23)24)13(25)10-4-7-2-3-8(16(17,18)19)5-9(7)22(10)21/h2-5,25H,6H2,1H3,(H,20,26)(H,23,24). The molecule has 2 aromatic heterocycles. The summed E-state index contributed by atoms with van der Waals surface area (Å²) in [6, 6.07) is 4.18. The Bertz CT molecular complexity index is 1160. The number of carboxylic acid groups (broad SMARTS) is 1. The number of hydrogen-bond acceptors (Lipinski definition) is 4. The molecule has 0 saturated heterocycles. The number of aliphatic carboxylic acids is 1. The molecule has 2 heterocycles. The van der Waals surface area contributed by atoms with Crippen LogP contribution < -0.4 is 10.9 Å². The molecule has 0 radical (unpaired) electrons. The lowest BCUT2D eigenvalue weighted by molar-refractivity contribution is -0.137. The Labute approximate surface area is 148 Å². The van der Waals surface area contributed by atoms with Crippen molar-refractivity contribution in [1.82, 2.24) is 14.5 Å². The average molecular weight is 383 g/mol. The molecule has 1 aromatic carbocycles. The van der Waals surface area contributed by atoms with Crippen LogP contribution in [0.25, 0.3) is 16.4 Å². The van der Waals surface area contributed by atoms with Crippen molar-refractivity contribution >= 4 is 28.3 Å². The number of hydrogen-bond donors (Lipinski definition) is 3. The second-order valence-electron chi connectivity index (χ2n) is 5.74. The normalized spacial score (nSPS) is 11.9. The van der Waals surface area contributed by atoms with Crippen molar-refractivity contribution < 1.29 is 33.0 Å². The quantitative estimate of drug-likeness (QED) is 0.632. The number of carboxylic acids is 1. The fourth-order valence-corrected chi connectivity index (χ4v) is 2.79. The second kappa shape index (κ2) is 6.04. The minimum absolute atomic E-state index is 0.00668. The first kappa shape index (κ1) is 18.3. The molecule has 8 nitrogen and oxygen atoms in total. The first-order valence-corrected chi connectivity index (χ1v) is 7.47. The zero-order valence-corrected chi connectivity index (χ0v) is 13.7. The van der Waals surface area contributed by atoms with Gasteiger partial charge in [0.05, 0.1) is 11.1 Å². The predicted octanol–water partition coefficient (Wildman–Crippen LogP) is 1.33. The highest BCUT2D eigenvalue weighted by Crippen LogP contribution is 2.34. The summed E-state index contributed by atoms with van der Waals surface area (Å²) >= 11 is 0. The van der Waals surface area contributed by atoms with Crippen molar-refractivity contribution in [2.24, 2.45) is 7.05 Å². The molecular weight excluding hydrogens is 371 g/mol. The third-order valence-corrected chi connectivity index (χ3v) is 4.02. The highest BCUT2D eigenvalue weighted by atomic mass is 19.4. The van der Waals surface area contributed by atoms with E-state index in [9.17, 15) is 32.7 Å². The maximum atomic E-state index is 13.0. The molecule has 0 fully saturated rings. The third kappa shape index (κ3) is 2.96. The van der Waals surface area contributed by atoms with Gasteiger partial charge in [-0.15, -0.1) is 0 Å². The number of halogens is 3. The summed E-state index contributed by atoms with van der Waals surface area (Å²) in [6.07, 6.45) is -4.60. The molecule has 27 heavy (non-hydrogen) atoms. The summed E-state index contributed by atoms with van der Waals surface area (Å²) in [4.78, 5) is 35.1. The Kier molecular flexibility index (Phi) is 4.09. The zero-order valence-electron chi connectivity index (χ0n) is 13.7. The number of carbonyl (C=O) groups excluding carboxylic acids is 1. The van der Waals surface area contributed by atoms with Crippen LogP contribution in [-0.2, 0) is 18.0 Å². The number of benzene rings is 1. The van der Waals surface area contributed by atoms with Crippen molar-refractivity contribution in [3.8, 4) is 5.75 Å². The van der Waals surface area contributed by atoms with Crippen molar-refractivity contribution in [3.05, 3.63) is 45.7 Å². The van der Waals surface area contributed by atoms with E-state index in [0.29, 0.717) is 5.39 Å². The van der Waals surface area contributed by atoms with E-state index in [4.69, 9.17) is 5.11 Å². The molecule has 0 spiro atoms. The summed E-state index contributed by atoms with van der Waals surface area (Å²) in [7, 11) is 1.21. The van der Waals surface area contributed by atoms with E-state index in [0.717, 1.165) is 21.3 Å². The molecule has 0 aliphatic rings. The highest BCUT2D eigenvalue weighted by Gasteiger charge is 2.31. The molecule has 0 aliphatic carbocycles. The monoisotopic (exact) mass is 383 g/mol. The Morgan fingerprint density at radius 3 is 2.44 bits per heavy atom. The Balaban J connectivity index is 2.29. The summed E-state index contributed by atoms with van der Waals surface area (Å²) in [5, 5.41) is 21.2. The lowest BCUT2D eigenvalue weighted by atomic mass is 10.1. The number of amides is 1. The minimum Gasteiger partial charge on any atom is -0.505 e. The van der Waals surface area contributed by atoms with Crippen LogP contribution in [0.3, 0.4) is 0 Å². The largest absolute Gasteiger partial charge is 0.505 e. The Morgan fingerprint density at radius 2 is 1.85 bits per heavy atom. The molecule has 11 heteroatoms. The second-order valence-corrected chi connectivity index (χ2v) is 5.74. The van der Waals surface area contributed by atoms with E-state index < -0.39 is 47.0 Å².